The molecule has 1 aliphatic heterocycles. The fraction of sp³-hybridized carbons (Fsp3) is 0.600. The second-order valence-electron chi connectivity index (χ2n) is 6.48. The Morgan fingerprint density at radius 2 is 1.86 bits per heavy atom. The lowest BCUT2D eigenvalue weighted by molar-refractivity contribution is -0.384. The summed E-state index contributed by atoms with van der Waals surface area (Å²) < 4.78 is 0. The molecule has 0 bridgehead atoms. The zero-order valence-corrected chi connectivity index (χ0v) is 13.6. The Kier molecular flexibility index (Phi) is 4.86. The summed E-state index contributed by atoms with van der Waals surface area (Å²) in [6.07, 6.45) is 0. The second kappa shape index (κ2) is 6.30. The molecule has 1 heterocycles. The van der Waals surface area contributed by atoms with Crippen molar-refractivity contribution in [2.75, 3.05) is 26.2 Å². The highest BCUT2D eigenvalue weighted by molar-refractivity contribution is 6.32. The van der Waals surface area contributed by atoms with Gasteiger partial charge in [-0.2, -0.15) is 0 Å². The van der Waals surface area contributed by atoms with Crippen LogP contribution >= 0.6 is 11.6 Å². The quantitative estimate of drug-likeness (QED) is 0.635. The summed E-state index contributed by atoms with van der Waals surface area (Å²) in [5.41, 5.74) is 1.13. The first-order chi connectivity index (χ1) is 9.77. The average Bonchev–Trinajstić information content (AvgIpc) is 2.40. The van der Waals surface area contributed by atoms with Crippen molar-refractivity contribution in [1.82, 2.24) is 9.80 Å². The van der Waals surface area contributed by atoms with Gasteiger partial charge in [-0.15, -0.1) is 0 Å². The Balaban J connectivity index is 1.98. The monoisotopic (exact) mass is 311 g/mol. The number of rotatable bonds is 3. The van der Waals surface area contributed by atoms with Crippen LogP contribution in [0.15, 0.2) is 18.2 Å². The molecule has 0 radical (unpaired) electrons. The molecule has 0 atom stereocenters. The van der Waals surface area contributed by atoms with Crippen LogP contribution in [0.3, 0.4) is 0 Å². The van der Waals surface area contributed by atoms with Gasteiger partial charge in [0.1, 0.15) is 5.02 Å². The van der Waals surface area contributed by atoms with Crippen LogP contribution in [0.4, 0.5) is 5.69 Å². The first kappa shape index (κ1) is 16.2. The highest BCUT2D eigenvalue weighted by atomic mass is 35.5. The minimum atomic E-state index is -0.427. The fourth-order valence-electron chi connectivity index (χ4n) is 2.63. The van der Waals surface area contributed by atoms with Gasteiger partial charge in [-0.1, -0.05) is 17.7 Å². The number of halogens is 1. The molecule has 1 saturated heterocycles. The van der Waals surface area contributed by atoms with Gasteiger partial charge in [0, 0.05) is 44.3 Å². The number of nitro groups is 1. The Hall–Kier alpha value is -1.17. The fourth-order valence-corrected chi connectivity index (χ4v) is 2.82. The van der Waals surface area contributed by atoms with E-state index in [-0.39, 0.29) is 16.2 Å². The van der Waals surface area contributed by atoms with E-state index in [0.717, 1.165) is 38.3 Å². The Bertz CT molecular complexity index is 520. The third kappa shape index (κ3) is 4.15. The van der Waals surface area contributed by atoms with E-state index in [1.165, 1.54) is 0 Å². The van der Waals surface area contributed by atoms with Crippen LogP contribution in [0.5, 0.6) is 0 Å². The molecule has 0 spiro atoms. The molecule has 5 nitrogen and oxygen atoms in total. The van der Waals surface area contributed by atoms with E-state index in [0.29, 0.717) is 0 Å². The first-order valence-electron chi connectivity index (χ1n) is 7.17. The molecule has 6 heteroatoms. The number of benzene rings is 1. The van der Waals surface area contributed by atoms with Gasteiger partial charge in [0.2, 0.25) is 0 Å². The summed E-state index contributed by atoms with van der Waals surface area (Å²) in [7, 11) is 0. The van der Waals surface area contributed by atoms with Crippen molar-refractivity contribution >= 4 is 17.3 Å². The third-order valence-electron chi connectivity index (χ3n) is 3.93. The molecule has 21 heavy (non-hydrogen) atoms. The van der Waals surface area contributed by atoms with Crippen molar-refractivity contribution in [3.63, 3.8) is 0 Å². The van der Waals surface area contributed by atoms with E-state index in [1.54, 1.807) is 12.1 Å². The minimum Gasteiger partial charge on any atom is -0.297 e. The van der Waals surface area contributed by atoms with E-state index in [1.807, 2.05) is 6.07 Å². The SMILES string of the molecule is CC(C)(C)N1CCN(Cc2ccc(Cl)c([N+](=O)[O-])c2)CC1. The van der Waals surface area contributed by atoms with Gasteiger partial charge >= 0.3 is 0 Å². The Morgan fingerprint density at radius 1 is 1.24 bits per heavy atom. The molecular weight excluding hydrogens is 290 g/mol. The van der Waals surface area contributed by atoms with E-state index in [9.17, 15) is 10.1 Å². The molecule has 0 saturated carbocycles. The predicted octanol–water partition coefficient (Wildman–Crippen LogP) is 3.16. The largest absolute Gasteiger partial charge is 0.297 e. The lowest BCUT2D eigenvalue weighted by Gasteiger charge is -2.42. The maximum atomic E-state index is 10.9. The maximum Gasteiger partial charge on any atom is 0.288 e. The number of hydrogen-bond acceptors (Lipinski definition) is 4. The standard InChI is InChI=1S/C15H22ClN3O2/c1-15(2,3)18-8-6-17(7-9-18)11-12-4-5-13(16)14(10-12)19(20)21/h4-5,10H,6-9,11H2,1-3H3. The molecule has 1 fully saturated rings. The summed E-state index contributed by atoms with van der Waals surface area (Å²) in [5, 5.41) is 11.1. The van der Waals surface area contributed by atoms with Crippen LogP contribution in [-0.4, -0.2) is 46.4 Å². The molecule has 1 aromatic carbocycles. The molecule has 1 aromatic rings. The van der Waals surface area contributed by atoms with Crippen molar-refractivity contribution in [2.24, 2.45) is 0 Å². The van der Waals surface area contributed by atoms with Crippen LogP contribution in [0.25, 0.3) is 0 Å². The van der Waals surface area contributed by atoms with Gasteiger partial charge in [0.05, 0.1) is 4.92 Å². The lowest BCUT2D eigenvalue weighted by atomic mass is 10.0. The molecule has 116 valence electrons. The van der Waals surface area contributed by atoms with E-state index in [2.05, 4.69) is 30.6 Å². The molecule has 0 aromatic heterocycles. The molecular formula is C15H22ClN3O2. The minimum absolute atomic E-state index is 0.0116. The number of nitrogens with zero attached hydrogens (tertiary/aromatic N) is 3. The molecule has 0 amide bonds. The van der Waals surface area contributed by atoms with Gasteiger partial charge < -0.3 is 0 Å². The zero-order chi connectivity index (χ0) is 15.6. The second-order valence-corrected chi connectivity index (χ2v) is 6.88. The van der Waals surface area contributed by atoms with Crippen molar-refractivity contribution < 1.29 is 4.92 Å². The van der Waals surface area contributed by atoms with Crippen LogP contribution < -0.4 is 0 Å². The number of nitro benzene ring substituents is 1. The summed E-state index contributed by atoms with van der Waals surface area (Å²) >= 11 is 5.84. The predicted molar refractivity (Wildman–Crippen MR) is 84.7 cm³/mol. The highest BCUT2D eigenvalue weighted by Crippen LogP contribution is 2.26. The van der Waals surface area contributed by atoms with Gasteiger partial charge in [0.15, 0.2) is 0 Å². The van der Waals surface area contributed by atoms with Gasteiger partial charge in [-0.05, 0) is 32.4 Å². The molecule has 1 aliphatic rings. The van der Waals surface area contributed by atoms with Gasteiger partial charge in [-0.25, -0.2) is 0 Å². The van der Waals surface area contributed by atoms with Crippen molar-refractivity contribution in [3.05, 3.63) is 38.9 Å². The molecule has 2 rings (SSSR count). The Labute approximate surface area is 130 Å². The molecule has 0 aliphatic carbocycles. The summed E-state index contributed by atoms with van der Waals surface area (Å²) in [6, 6.07) is 5.06. The summed E-state index contributed by atoms with van der Waals surface area (Å²) in [4.78, 5) is 15.3. The number of piperazine rings is 1. The van der Waals surface area contributed by atoms with Crippen LogP contribution in [-0.2, 0) is 6.54 Å². The molecule has 0 unspecified atom stereocenters. The molecule has 0 N–H and O–H groups in total. The van der Waals surface area contributed by atoms with Crippen molar-refractivity contribution in [3.8, 4) is 0 Å². The normalized spacial score (nSPS) is 17.9. The maximum absolute atomic E-state index is 10.9. The third-order valence-corrected chi connectivity index (χ3v) is 4.25. The summed E-state index contributed by atoms with van der Waals surface area (Å²) in [6.45, 7) is 11.4. The summed E-state index contributed by atoms with van der Waals surface area (Å²) in [5.74, 6) is 0. The van der Waals surface area contributed by atoms with Crippen molar-refractivity contribution in [1.29, 1.82) is 0 Å². The Morgan fingerprint density at radius 3 is 2.38 bits per heavy atom. The van der Waals surface area contributed by atoms with Crippen LogP contribution in [0, 0.1) is 10.1 Å². The van der Waals surface area contributed by atoms with E-state index < -0.39 is 4.92 Å². The van der Waals surface area contributed by atoms with Crippen LogP contribution in [0.1, 0.15) is 26.3 Å². The topological polar surface area (TPSA) is 49.6 Å². The van der Waals surface area contributed by atoms with Crippen molar-refractivity contribution in [2.45, 2.75) is 32.9 Å². The zero-order valence-electron chi connectivity index (χ0n) is 12.8. The van der Waals surface area contributed by atoms with E-state index in [4.69, 9.17) is 11.6 Å². The smallest absolute Gasteiger partial charge is 0.288 e. The van der Waals surface area contributed by atoms with E-state index >= 15 is 0 Å². The van der Waals surface area contributed by atoms with Gasteiger partial charge in [0.25, 0.3) is 5.69 Å². The number of hydrogen-bond donors (Lipinski definition) is 0. The van der Waals surface area contributed by atoms with Gasteiger partial charge in [-0.3, -0.25) is 19.9 Å². The highest BCUT2D eigenvalue weighted by Gasteiger charge is 2.26. The van der Waals surface area contributed by atoms with Crippen LogP contribution in [0.2, 0.25) is 5.02 Å². The first-order valence-corrected chi connectivity index (χ1v) is 7.55. The average molecular weight is 312 g/mol. The lowest BCUT2D eigenvalue weighted by Crippen LogP contribution is -2.53.